The molecule has 0 spiro atoms. The molecule has 2 aromatic rings. The van der Waals surface area contributed by atoms with Gasteiger partial charge in [0.05, 0.1) is 18.8 Å². The summed E-state index contributed by atoms with van der Waals surface area (Å²) in [6.45, 7) is 0.433. The first-order valence-corrected chi connectivity index (χ1v) is 5.70. The fourth-order valence-electron chi connectivity index (χ4n) is 1.75. The molecule has 0 aliphatic heterocycles. The number of hydrogen-bond donors (Lipinski definition) is 3. The number of aliphatic hydroxyl groups excluding tert-OH is 1. The number of carbonyl (C=O) groups is 1. The van der Waals surface area contributed by atoms with Crippen molar-refractivity contribution in [1.29, 1.82) is 0 Å². The lowest BCUT2D eigenvalue weighted by atomic mass is 10.1. The van der Waals surface area contributed by atoms with E-state index in [0.29, 0.717) is 12.2 Å². The molecule has 1 heterocycles. The first-order valence-electron chi connectivity index (χ1n) is 5.70. The monoisotopic (exact) mass is 262 g/mol. The molecule has 0 radical (unpaired) electrons. The van der Waals surface area contributed by atoms with Crippen LogP contribution in [0.25, 0.3) is 0 Å². The van der Waals surface area contributed by atoms with E-state index in [0.717, 1.165) is 11.1 Å². The zero-order valence-corrected chi connectivity index (χ0v) is 10.2. The fourth-order valence-corrected chi connectivity index (χ4v) is 1.75. The average Bonchev–Trinajstić information content (AvgIpc) is 2.82. The average molecular weight is 262 g/mol. The van der Waals surface area contributed by atoms with Gasteiger partial charge in [-0.25, -0.2) is 9.48 Å². The van der Waals surface area contributed by atoms with Crippen molar-refractivity contribution in [3.63, 3.8) is 0 Å². The molecule has 0 bridgehead atoms. The van der Waals surface area contributed by atoms with Crippen molar-refractivity contribution >= 4 is 5.97 Å². The number of rotatable bonds is 5. The maximum atomic E-state index is 10.9. The van der Waals surface area contributed by atoms with E-state index in [1.54, 1.807) is 12.1 Å². The van der Waals surface area contributed by atoms with Gasteiger partial charge < -0.3 is 15.9 Å². The van der Waals surface area contributed by atoms with Gasteiger partial charge in [0.15, 0.2) is 5.69 Å². The molecule has 0 aliphatic rings. The zero-order chi connectivity index (χ0) is 13.8. The molecular formula is C12H14N4O3. The zero-order valence-electron chi connectivity index (χ0n) is 10.2. The first-order chi connectivity index (χ1) is 9.15. The number of carboxylic acids is 1. The summed E-state index contributed by atoms with van der Waals surface area (Å²) in [7, 11) is 0. The molecule has 0 atom stereocenters. The third-order valence-corrected chi connectivity index (χ3v) is 2.77. The smallest absolute Gasteiger partial charge is 0.358 e. The third kappa shape index (κ3) is 2.78. The quantitative estimate of drug-likeness (QED) is 0.697. The van der Waals surface area contributed by atoms with Gasteiger partial charge >= 0.3 is 5.97 Å². The minimum atomic E-state index is -1.14. The van der Waals surface area contributed by atoms with Crippen LogP contribution in [0.3, 0.4) is 0 Å². The van der Waals surface area contributed by atoms with E-state index in [2.05, 4.69) is 10.3 Å². The highest BCUT2D eigenvalue weighted by atomic mass is 16.4. The van der Waals surface area contributed by atoms with Gasteiger partial charge in [-0.1, -0.05) is 29.5 Å². The predicted molar refractivity (Wildman–Crippen MR) is 66.3 cm³/mol. The normalized spacial score (nSPS) is 10.6. The first kappa shape index (κ1) is 13.2. The number of aromatic nitrogens is 3. The second-order valence-electron chi connectivity index (χ2n) is 4.03. The van der Waals surface area contributed by atoms with Gasteiger partial charge in [0.1, 0.15) is 0 Å². The molecule has 1 aromatic carbocycles. The minimum Gasteiger partial charge on any atom is -0.476 e. The van der Waals surface area contributed by atoms with Gasteiger partial charge in [-0.2, -0.15) is 0 Å². The van der Waals surface area contributed by atoms with Crippen LogP contribution >= 0.6 is 0 Å². The molecule has 1 aromatic heterocycles. The van der Waals surface area contributed by atoms with Crippen molar-refractivity contribution in [2.75, 3.05) is 0 Å². The Balaban J connectivity index is 2.25. The number of aliphatic hydroxyl groups is 1. The van der Waals surface area contributed by atoms with Crippen molar-refractivity contribution in [3.05, 3.63) is 46.8 Å². The summed E-state index contributed by atoms with van der Waals surface area (Å²) in [4.78, 5) is 10.9. The van der Waals surface area contributed by atoms with Crippen LogP contribution in [0, 0.1) is 0 Å². The maximum Gasteiger partial charge on any atom is 0.358 e. The molecule has 7 nitrogen and oxygen atoms in total. The molecule has 0 fully saturated rings. The summed E-state index contributed by atoms with van der Waals surface area (Å²) in [5.41, 5.74) is 7.54. The van der Waals surface area contributed by atoms with Crippen molar-refractivity contribution in [1.82, 2.24) is 15.0 Å². The summed E-state index contributed by atoms with van der Waals surface area (Å²) < 4.78 is 1.47. The topological polar surface area (TPSA) is 114 Å². The van der Waals surface area contributed by atoms with Gasteiger partial charge in [0.2, 0.25) is 0 Å². The Morgan fingerprint density at radius 1 is 1.26 bits per heavy atom. The molecule has 4 N–H and O–H groups in total. The van der Waals surface area contributed by atoms with Crippen LogP contribution in [-0.4, -0.2) is 31.2 Å². The Hall–Kier alpha value is -2.25. The lowest BCUT2D eigenvalue weighted by Gasteiger charge is -2.06. The van der Waals surface area contributed by atoms with Crippen LogP contribution in [0.4, 0.5) is 0 Å². The SMILES string of the molecule is NCc1c(C(=O)O)nnn1Cc1ccc(CO)cc1. The van der Waals surface area contributed by atoms with Crippen molar-refractivity contribution in [3.8, 4) is 0 Å². The summed E-state index contributed by atoms with van der Waals surface area (Å²) in [5, 5.41) is 25.3. The molecule has 100 valence electrons. The highest BCUT2D eigenvalue weighted by molar-refractivity contribution is 5.86. The molecule has 0 unspecified atom stereocenters. The van der Waals surface area contributed by atoms with Gasteiger partial charge in [-0.15, -0.1) is 5.10 Å². The van der Waals surface area contributed by atoms with Crippen LogP contribution in [0.15, 0.2) is 24.3 Å². The van der Waals surface area contributed by atoms with Gasteiger partial charge in [0, 0.05) is 6.54 Å². The molecule has 0 aliphatic carbocycles. The summed E-state index contributed by atoms with van der Waals surface area (Å²) in [5.74, 6) is -1.14. The highest BCUT2D eigenvalue weighted by Gasteiger charge is 2.17. The number of carboxylic acid groups (broad SMARTS) is 1. The second-order valence-corrected chi connectivity index (χ2v) is 4.03. The third-order valence-electron chi connectivity index (χ3n) is 2.77. The number of nitrogens with zero attached hydrogens (tertiary/aromatic N) is 3. The highest BCUT2D eigenvalue weighted by Crippen LogP contribution is 2.10. The number of hydrogen-bond acceptors (Lipinski definition) is 5. The Morgan fingerprint density at radius 3 is 2.42 bits per heavy atom. The largest absolute Gasteiger partial charge is 0.476 e. The molecule has 0 saturated heterocycles. The van der Waals surface area contributed by atoms with E-state index in [1.165, 1.54) is 4.68 Å². The molecular weight excluding hydrogens is 248 g/mol. The van der Waals surface area contributed by atoms with Gasteiger partial charge in [-0.05, 0) is 11.1 Å². The van der Waals surface area contributed by atoms with E-state index in [4.69, 9.17) is 15.9 Å². The molecule has 0 amide bonds. The minimum absolute atomic E-state index is 0.0131. The lowest BCUT2D eigenvalue weighted by molar-refractivity contribution is 0.0689. The van der Waals surface area contributed by atoms with Crippen LogP contribution in [0.1, 0.15) is 27.3 Å². The van der Waals surface area contributed by atoms with E-state index in [9.17, 15) is 4.79 Å². The van der Waals surface area contributed by atoms with Crippen LogP contribution in [0.2, 0.25) is 0 Å². The lowest BCUT2D eigenvalue weighted by Crippen LogP contribution is -2.13. The molecule has 19 heavy (non-hydrogen) atoms. The van der Waals surface area contributed by atoms with E-state index in [-0.39, 0.29) is 18.8 Å². The standard InChI is InChI=1S/C12H14N4O3/c13-5-10-11(12(18)19)14-15-16(10)6-8-1-3-9(7-17)4-2-8/h1-4,17H,5-7,13H2,(H,18,19). The predicted octanol–water partition coefficient (Wildman–Crippen LogP) is -0.0244. The fraction of sp³-hybridized carbons (Fsp3) is 0.250. The maximum absolute atomic E-state index is 10.9. The Kier molecular flexibility index (Phi) is 3.88. The summed E-state index contributed by atoms with van der Waals surface area (Å²) in [6.07, 6.45) is 0. The van der Waals surface area contributed by atoms with Crippen molar-refractivity contribution < 1.29 is 15.0 Å². The van der Waals surface area contributed by atoms with Gasteiger partial charge in [0.25, 0.3) is 0 Å². The Morgan fingerprint density at radius 2 is 1.89 bits per heavy atom. The van der Waals surface area contributed by atoms with E-state index < -0.39 is 5.97 Å². The van der Waals surface area contributed by atoms with Crippen LogP contribution < -0.4 is 5.73 Å². The van der Waals surface area contributed by atoms with Crippen LogP contribution in [-0.2, 0) is 19.7 Å². The van der Waals surface area contributed by atoms with Crippen molar-refractivity contribution in [2.45, 2.75) is 19.7 Å². The Bertz CT molecular complexity index is 577. The van der Waals surface area contributed by atoms with Crippen LogP contribution in [0.5, 0.6) is 0 Å². The molecule has 2 rings (SSSR count). The molecule has 7 heteroatoms. The summed E-state index contributed by atoms with van der Waals surface area (Å²) in [6, 6.07) is 7.28. The number of nitrogens with two attached hydrogens (primary N) is 1. The van der Waals surface area contributed by atoms with Gasteiger partial charge in [-0.3, -0.25) is 0 Å². The summed E-state index contributed by atoms with van der Waals surface area (Å²) >= 11 is 0. The van der Waals surface area contributed by atoms with Crippen molar-refractivity contribution in [2.24, 2.45) is 5.73 Å². The molecule has 0 saturated carbocycles. The Labute approximate surface area is 109 Å². The second kappa shape index (κ2) is 5.59. The number of aromatic carboxylic acids is 1. The van der Waals surface area contributed by atoms with E-state index >= 15 is 0 Å². The number of benzene rings is 1. The van der Waals surface area contributed by atoms with E-state index in [1.807, 2.05) is 12.1 Å².